The second kappa shape index (κ2) is 9.92. The highest BCUT2D eigenvalue weighted by Crippen LogP contribution is 2.40. The fraction of sp³-hybridized carbons (Fsp3) is 0.636. The van der Waals surface area contributed by atoms with Crippen molar-refractivity contribution in [3.8, 4) is 0 Å². The molecule has 28 heavy (non-hydrogen) atoms. The van der Waals surface area contributed by atoms with Gasteiger partial charge in [-0.05, 0) is 24.8 Å². The summed E-state index contributed by atoms with van der Waals surface area (Å²) in [5.41, 5.74) is 1.10. The summed E-state index contributed by atoms with van der Waals surface area (Å²) in [6.45, 7) is 2.94. The highest BCUT2D eigenvalue weighted by molar-refractivity contribution is 5.79. The molecule has 3 atom stereocenters. The molecule has 0 spiro atoms. The summed E-state index contributed by atoms with van der Waals surface area (Å²) in [5.74, 6) is 0.220. The molecule has 1 heterocycles. The van der Waals surface area contributed by atoms with Gasteiger partial charge in [0.15, 0.2) is 0 Å². The third-order valence-corrected chi connectivity index (χ3v) is 6.14. The van der Waals surface area contributed by atoms with Gasteiger partial charge in [0, 0.05) is 24.9 Å². The Labute approximate surface area is 167 Å². The number of amides is 3. The lowest BCUT2D eigenvalue weighted by Gasteiger charge is -2.54. The molecule has 0 aromatic heterocycles. The van der Waals surface area contributed by atoms with Gasteiger partial charge in [-0.3, -0.25) is 4.79 Å². The van der Waals surface area contributed by atoms with E-state index in [-0.39, 0.29) is 42.5 Å². The third kappa shape index (κ3) is 4.49. The molecular formula is C22H33N3O3. The number of hydrogen-bond acceptors (Lipinski definition) is 3. The summed E-state index contributed by atoms with van der Waals surface area (Å²) in [5, 5.41) is 16.0. The number of carbonyl (C=O) groups excluding carboxylic acids is 2. The summed E-state index contributed by atoms with van der Waals surface area (Å²) in [6, 6.07) is 9.39. The first-order valence-electron chi connectivity index (χ1n) is 10.7. The first-order valence-corrected chi connectivity index (χ1v) is 10.7. The van der Waals surface area contributed by atoms with Crippen LogP contribution >= 0.6 is 0 Å². The largest absolute Gasteiger partial charge is 0.394 e. The van der Waals surface area contributed by atoms with Crippen LogP contribution in [0.4, 0.5) is 4.79 Å². The van der Waals surface area contributed by atoms with E-state index in [1.807, 2.05) is 37.3 Å². The number of aliphatic hydroxyl groups excluding tert-OH is 1. The molecule has 6 heteroatoms. The molecule has 1 saturated carbocycles. The zero-order valence-electron chi connectivity index (χ0n) is 16.8. The number of aliphatic hydroxyl groups is 1. The van der Waals surface area contributed by atoms with Crippen LogP contribution in [0.25, 0.3) is 0 Å². The minimum Gasteiger partial charge on any atom is -0.394 e. The number of nitrogens with one attached hydrogen (secondary N) is 2. The molecule has 1 aliphatic carbocycles. The number of rotatable bonds is 7. The zero-order chi connectivity index (χ0) is 19.9. The van der Waals surface area contributed by atoms with Gasteiger partial charge in [0.05, 0.1) is 18.7 Å². The average Bonchev–Trinajstić information content (AvgIpc) is 2.73. The Kier molecular flexibility index (Phi) is 7.31. The molecule has 6 nitrogen and oxygen atoms in total. The maximum Gasteiger partial charge on any atom is 0.318 e. The van der Waals surface area contributed by atoms with Crippen molar-refractivity contribution in [3.05, 3.63) is 35.9 Å². The SMILES string of the molecule is CCCNC(=O)N1[C@H](CO)[C@H](c2ccccc2)[C@H]1CNC(=O)C1CCCCC1. The Morgan fingerprint density at radius 3 is 2.43 bits per heavy atom. The maximum atomic E-state index is 12.7. The van der Waals surface area contributed by atoms with Crippen LogP contribution in [0.1, 0.15) is 56.9 Å². The van der Waals surface area contributed by atoms with E-state index < -0.39 is 0 Å². The van der Waals surface area contributed by atoms with Crippen molar-refractivity contribution in [1.82, 2.24) is 15.5 Å². The van der Waals surface area contributed by atoms with Crippen molar-refractivity contribution < 1.29 is 14.7 Å². The highest BCUT2D eigenvalue weighted by atomic mass is 16.3. The van der Waals surface area contributed by atoms with Gasteiger partial charge in [-0.15, -0.1) is 0 Å². The molecule has 3 N–H and O–H groups in total. The number of benzene rings is 1. The van der Waals surface area contributed by atoms with Crippen LogP contribution in [0.2, 0.25) is 0 Å². The van der Waals surface area contributed by atoms with Crippen LogP contribution in [0, 0.1) is 5.92 Å². The Hall–Kier alpha value is -2.08. The number of likely N-dealkylation sites (tertiary alicyclic amines) is 1. The van der Waals surface area contributed by atoms with E-state index in [4.69, 9.17) is 0 Å². The fourth-order valence-electron chi connectivity index (χ4n) is 4.63. The van der Waals surface area contributed by atoms with E-state index in [1.165, 1.54) is 6.42 Å². The Morgan fingerprint density at radius 2 is 1.79 bits per heavy atom. The summed E-state index contributed by atoms with van der Waals surface area (Å²) >= 11 is 0. The molecule has 3 amide bonds. The minimum absolute atomic E-state index is 0.0187. The van der Waals surface area contributed by atoms with E-state index in [0.29, 0.717) is 13.1 Å². The fourth-order valence-corrected chi connectivity index (χ4v) is 4.63. The standard InChI is InChI=1S/C22H33N3O3/c1-2-13-23-22(28)25-18(14-24-21(27)17-11-7-4-8-12-17)20(19(25)15-26)16-9-5-3-6-10-16/h3,5-6,9-10,17-20,26H,2,4,7-8,11-15H2,1H3,(H,23,28)(H,24,27)/t18-,19-,20-/m1/s1. The number of hydrogen-bond donors (Lipinski definition) is 3. The molecule has 1 aliphatic heterocycles. The van der Waals surface area contributed by atoms with Crippen LogP contribution in [-0.4, -0.2) is 53.7 Å². The maximum absolute atomic E-state index is 12.7. The lowest BCUT2D eigenvalue weighted by molar-refractivity contribution is -0.126. The van der Waals surface area contributed by atoms with Gasteiger partial charge < -0.3 is 20.6 Å². The molecule has 0 radical (unpaired) electrons. The first kappa shape index (κ1) is 20.6. The van der Waals surface area contributed by atoms with E-state index in [1.54, 1.807) is 4.90 Å². The van der Waals surface area contributed by atoms with Gasteiger partial charge in [0.1, 0.15) is 0 Å². The van der Waals surface area contributed by atoms with E-state index in [9.17, 15) is 14.7 Å². The van der Waals surface area contributed by atoms with Gasteiger partial charge >= 0.3 is 6.03 Å². The van der Waals surface area contributed by atoms with Crippen molar-refractivity contribution >= 4 is 11.9 Å². The smallest absolute Gasteiger partial charge is 0.318 e. The van der Waals surface area contributed by atoms with Crippen molar-refractivity contribution in [2.75, 3.05) is 19.7 Å². The lowest BCUT2D eigenvalue weighted by atomic mass is 9.75. The van der Waals surface area contributed by atoms with Crippen LogP contribution in [0.3, 0.4) is 0 Å². The number of nitrogens with zero attached hydrogens (tertiary/aromatic N) is 1. The van der Waals surface area contributed by atoms with Gasteiger partial charge in [-0.1, -0.05) is 56.5 Å². The molecular weight excluding hydrogens is 354 g/mol. The average molecular weight is 388 g/mol. The second-order valence-electron chi connectivity index (χ2n) is 7.97. The van der Waals surface area contributed by atoms with Crippen LogP contribution in [0.15, 0.2) is 30.3 Å². The van der Waals surface area contributed by atoms with E-state index in [2.05, 4.69) is 10.6 Å². The minimum atomic E-state index is -0.268. The predicted octanol–water partition coefficient (Wildman–Crippen LogP) is 2.63. The van der Waals surface area contributed by atoms with E-state index >= 15 is 0 Å². The van der Waals surface area contributed by atoms with Gasteiger partial charge in [0.2, 0.25) is 5.91 Å². The molecule has 1 aromatic rings. The monoisotopic (exact) mass is 387 g/mol. The quantitative estimate of drug-likeness (QED) is 0.673. The molecule has 154 valence electrons. The van der Waals surface area contributed by atoms with Gasteiger partial charge in [-0.2, -0.15) is 0 Å². The van der Waals surface area contributed by atoms with Crippen molar-refractivity contribution in [2.45, 2.75) is 63.5 Å². The molecule has 1 saturated heterocycles. The number of carbonyl (C=O) groups is 2. The normalized spacial score (nSPS) is 25.1. The van der Waals surface area contributed by atoms with Crippen molar-refractivity contribution in [1.29, 1.82) is 0 Å². The van der Waals surface area contributed by atoms with Crippen molar-refractivity contribution in [2.24, 2.45) is 5.92 Å². The summed E-state index contributed by atoms with van der Waals surface area (Å²) < 4.78 is 0. The third-order valence-electron chi connectivity index (χ3n) is 6.14. The zero-order valence-corrected chi connectivity index (χ0v) is 16.8. The predicted molar refractivity (Wildman–Crippen MR) is 109 cm³/mol. The summed E-state index contributed by atoms with van der Waals surface area (Å²) in [6.07, 6.45) is 6.22. The first-order chi connectivity index (χ1) is 13.7. The lowest BCUT2D eigenvalue weighted by Crippen LogP contribution is -2.70. The molecule has 3 rings (SSSR count). The molecule has 0 bridgehead atoms. The van der Waals surface area contributed by atoms with Gasteiger partial charge in [-0.25, -0.2) is 4.79 Å². The highest BCUT2D eigenvalue weighted by Gasteiger charge is 2.51. The van der Waals surface area contributed by atoms with Gasteiger partial charge in [0.25, 0.3) is 0 Å². The molecule has 1 aromatic carbocycles. The van der Waals surface area contributed by atoms with E-state index in [0.717, 1.165) is 37.7 Å². The molecule has 2 fully saturated rings. The second-order valence-corrected chi connectivity index (χ2v) is 7.97. The van der Waals surface area contributed by atoms with Crippen LogP contribution in [0.5, 0.6) is 0 Å². The molecule has 2 aliphatic rings. The number of urea groups is 1. The molecule has 0 unspecified atom stereocenters. The Balaban J connectivity index is 1.71. The summed E-state index contributed by atoms with van der Waals surface area (Å²) in [7, 11) is 0. The topological polar surface area (TPSA) is 81.7 Å². The van der Waals surface area contributed by atoms with Crippen LogP contribution in [-0.2, 0) is 4.79 Å². The van der Waals surface area contributed by atoms with Crippen LogP contribution < -0.4 is 10.6 Å². The summed E-state index contributed by atoms with van der Waals surface area (Å²) in [4.78, 5) is 27.0. The van der Waals surface area contributed by atoms with Crippen molar-refractivity contribution in [3.63, 3.8) is 0 Å². The Bertz CT molecular complexity index is 646. The Morgan fingerprint density at radius 1 is 1.07 bits per heavy atom.